The summed E-state index contributed by atoms with van der Waals surface area (Å²) in [6.07, 6.45) is 0. The van der Waals surface area contributed by atoms with E-state index in [-0.39, 0.29) is 51.5 Å². The van der Waals surface area contributed by atoms with Gasteiger partial charge in [-0.1, -0.05) is 0 Å². The van der Waals surface area contributed by atoms with Gasteiger partial charge in [0, 0.05) is 34.4 Å². The van der Waals surface area contributed by atoms with E-state index in [4.69, 9.17) is 0 Å². The van der Waals surface area contributed by atoms with Gasteiger partial charge in [0.05, 0.1) is 0 Å². The average molecular weight is 132 g/mol. The van der Waals surface area contributed by atoms with Crippen molar-refractivity contribution >= 4 is 28.3 Å². The Morgan fingerprint density at radius 2 is 1.00 bits per heavy atom. The molecule has 27 valence electrons. The zero-order valence-electron chi connectivity index (χ0n) is 1.64. The minimum atomic E-state index is 0. The minimum Gasteiger partial charge on any atom is -0.344 e. The molecule has 0 spiro atoms. The van der Waals surface area contributed by atoms with Gasteiger partial charge in [-0.2, -0.15) is 0 Å². The average Bonchev–Trinajstić information content (AvgIpc) is 0. The van der Waals surface area contributed by atoms with Crippen LogP contribution >= 0.6 is 0 Å². The van der Waals surface area contributed by atoms with Crippen molar-refractivity contribution < 1.29 is 17.1 Å². The van der Waals surface area contributed by atoms with E-state index in [2.05, 4.69) is 0 Å². The Balaban J connectivity index is 0. The van der Waals surface area contributed by atoms with Crippen LogP contribution in [0.5, 0.6) is 0 Å². The van der Waals surface area contributed by atoms with Gasteiger partial charge < -0.3 is 6.15 Å². The summed E-state index contributed by atoms with van der Waals surface area (Å²) >= 11 is 0. The van der Waals surface area contributed by atoms with Gasteiger partial charge >= 0.3 is 0 Å². The van der Waals surface area contributed by atoms with E-state index >= 15 is 0 Å². The third kappa shape index (κ3) is 10.6. The van der Waals surface area contributed by atoms with Gasteiger partial charge in [0.15, 0.2) is 0 Å². The Labute approximate surface area is 51.7 Å². The molecule has 0 unspecified atom stereocenters. The van der Waals surface area contributed by atoms with Crippen molar-refractivity contribution in [3.63, 3.8) is 0 Å². The molecule has 3 radical (unpaired) electrons. The molecule has 0 aromatic rings. The molecule has 1 nitrogen and oxygen atoms in total. The summed E-state index contributed by atoms with van der Waals surface area (Å²) in [5.74, 6) is 0. The van der Waals surface area contributed by atoms with Crippen LogP contribution in [0.1, 0.15) is 0 Å². The van der Waals surface area contributed by atoms with Crippen LogP contribution in [0.3, 0.4) is 0 Å². The van der Waals surface area contributed by atoms with Crippen LogP contribution in [-0.4, -0.2) is 28.3 Å². The molecule has 0 amide bonds. The van der Waals surface area contributed by atoms with Gasteiger partial charge in [-0.05, 0) is 11.0 Å². The van der Waals surface area contributed by atoms with E-state index in [0.29, 0.717) is 0 Å². The smallest absolute Gasteiger partial charge is 0 e. The Kier molecular flexibility index (Phi) is 452. The summed E-state index contributed by atoms with van der Waals surface area (Å²) in [7, 11) is 0. The van der Waals surface area contributed by atoms with Gasteiger partial charge in [-0.15, -0.1) is 0 Å². The normalized spacial score (nSPS) is 0. The van der Waals surface area contributed by atoms with E-state index in [9.17, 15) is 0 Å². The monoisotopic (exact) mass is 132 g/mol. The fourth-order valence-corrected chi connectivity index (χ4v) is 0. The molecule has 0 atom stereocenters. The number of hydrogen-bond donors (Lipinski definition) is 1. The van der Waals surface area contributed by atoms with Crippen LogP contribution in [0, 0.1) is 0 Å². The zero-order valence-corrected chi connectivity index (χ0v) is 3.90. The van der Waals surface area contributed by atoms with Crippen molar-refractivity contribution in [1.82, 2.24) is 6.15 Å². The van der Waals surface area contributed by atoms with Crippen LogP contribution in [-0.2, 0) is 17.1 Å². The Morgan fingerprint density at radius 3 is 1.00 bits per heavy atom. The second-order valence-corrected chi connectivity index (χ2v) is 0. The SMILES string of the molecule is N.[Al].[Fe].[SiH4]. The molecule has 0 aliphatic heterocycles. The van der Waals surface area contributed by atoms with Gasteiger partial charge in [0.1, 0.15) is 0 Å². The van der Waals surface area contributed by atoms with Gasteiger partial charge in [0.25, 0.3) is 0 Å². The van der Waals surface area contributed by atoms with Crippen LogP contribution in [0.4, 0.5) is 0 Å². The molecule has 0 heterocycles. The van der Waals surface area contributed by atoms with Crippen molar-refractivity contribution in [3.05, 3.63) is 0 Å². The second-order valence-electron chi connectivity index (χ2n) is 0. The van der Waals surface area contributed by atoms with Gasteiger partial charge in [0.2, 0.25) is 0 Å². The molecule has 0 aromatic heterocycles. The first kappa shape index (κ1) is 61.9. The topological polar surface area (TPSA) is 35.0 Å². The molecule has 0 rings (SSSR count). The molecule has 0 fully saturated rings. The summed E-state index contributed by atoms with van der Waals surface area (Å²) in [4.78, 5) is 0. The molecule has 0 bridgehead atoms. The summed E-state index contributed by atoms with van der Waals surface area (Å²) < 4.78 is 0. The molecule has 0 aliphatic carbocycles. The standard InChI is InChI=1S/Al.Fe.H3N.H4Si/h;;1H3;1H4. The maximum absolute atomic E-state index is 0. The van der Waals surface area contributed by atoms with Crippen LogP contribution in [0.15, 0.2) is 0 Å². The van der Waals surface area contributed by atoms with Gasteiger partial charge in [-0.3, -0.25) is 0 Å². The van der Waals surface area contributed by atoms with E-state index in [1.165, 1.54) is 0 Å². The first-order valence-electron chi connectivity index (χ1n) is 0. The van der Waals surface area contributed by atoms with E-state index < -0.39 is 0 Å². The number of hydrogen-bond acceptors (Lipinski definition) is 1. The Hall–Kier alpha value is 1.23. The summed E-state index contributed by atoms with van der Waals surface area (Å²) in [5, 5.41) is 0. The molecule has 4 heavy (non-hydrogen) atoms. The molecule has 0 aromatic carbocycles. The third-order valence-electron chi connectivity index (χ3n) is 0. The van der Waals surface area contributed by atoms with Crippen molar-refractivity contribution in [2.75, 3.05) is 0 Å². The molecule has 4 heteroatoms. The second kappa shape index (κ2) is 29.2. The zero-order chi connectivity index (χ0) is 0. The molecular formula is H7AlFeNSi. The van der Waals surface area contributed by atoms with Crippen molar-refractivity contribution in [2.45, 2.75) is 0 Å². The first-order valence-corrected chi connectivity index (χ1v) is 0. The number of rotatable bonds is 0. The Bertz CT molecular complexity index is 8.00. The van der Waals surface area contributed by atoms with Crippen molar-refractivity contribution in [2.24, 2.45) is 0 Å². The predicted molar refractivity (Wildman–Crippen MR) is 22.1 cm³/mol. The third-order valence-corrected chi connectivity index (χ3v) is 0. The first-order chi connectivity index (χ1) is 0. The maximum Gasteiger partial charge on any atom is 0 e. The Morgan fingerprint density at radius 1 is 1.00 bits per heavy atom. The van der Waals surface area contributed by atoms with Crippen molar-refractivity contribution in [3.8, 4) is 0 Å². The van der Waals surface area contributed by atoms with E-state index in [0.717, 1.165) is 0 Å². The minimum absolute atomic E-state index is 0. The molecular weight excluding hydrogens is 125 g/mol. The fraction of sp³-hybridized carbons (Fsp3) is 0. The van der Waals surface area contributed by atoms with Crippen LogP contribution in [0.2, 0.25) is 0 Å². The summed E-state index contributed by atoms with van der Waals surface area (Å²) in [6, 6.07) is 0. The van der Waals surface area contributed by atoms with E-state index in [1.807, 2.05) is 0 Å². The molecule has 0 aliphatic rings. The van der Waals surface area contributed by atoms with Gasteiger partial charge in [-0.25, -0.2) is 0 Å². The van der Waals surface area contributed by atoms with E-state index in [1.54, 1.807) is 0 Å². The largest absolute Gasteiger partial charge is 0.344 e. The van der Waals surface area contributed by atoms with Crippen LogP contribution < -0.4 is 6.15 Å². The quantitative estimate of drug-likeness (QED) is 0.393. The van der Waals surface area contributed by atoms with Crippen molar-refractivity contribution in [1.29, 1.82) is 0 Å². The summed E-state index contributed by atoms with van der Waals surface area (Å²) in [6.45, 7) is 0. The molecule has 3 N–H and O–H groups in total. The molecule has 0 saturated carbocycles. The molecule has 0 saturated heterocycles. The fourth-order valence-electron chi connectivity index (χ4n) is 0. The predicted octanol–water partition coefficient (Wildman–Crippen LogP) is -1.67. The maximum atomic E-state index is 0. The summed E-state index contributed by atoms with van der Waals surface area (Å²) in [5.41, 5.74) is 0. The van der Waals surface area contributed by atoms with Crippen LogP contribution in [0.25, 0.3) is 0 Å².